The van der Waals surface area contributed by atoms with Crippen LogP contribution in [-0.2, 0) is 0 Å². The molecule has 0 aliphatic heterocycles. The van der Waals surface area contributed by atoms with Crippen LogP contribution in [0.3, 0.4) is 0 Å². The number of amides is 1. The molecule has 0 saturated carbocycles. The fourth-order valence-corrected chi connectivity index (χ4v) is 3.00. The van der Waals surface area contributed by atoms with E-state index in [0.29, 0.717) is 17.2 Å². The van der Waals surface area contributed by atoms with Crippen molar-refractivity contribution in [1.82, 2.24) is 5.32 Å². The van der Waals surface area contributed by atoms with Crippen molar-refractivity contribution in [3.63, 3.8) is 0 Å². The van der Waals surface area contributed by atoms with E-state index in [-0.39, 0.29) is 11.0 Å². The maximum atomic E-state index is 12.3. The average molecular weight is 419 g/mol. The van der Waals surface area contributed by atoms with Gasteiger partial charge in [-0.2, -0.15) is 0 Å². The van der Waals surface area contributed by atoms with Crippen LogP contribution < -0.4 is 15.4 Å². The normalized spacial score (nSPS) is 10.4. The molecule has 2 aromatic carbocycles. The van der Waals surface area contributed by atoms with E-state index in [1.807, 2.05) is 19.1 Å². The SMILES string of the molecule is CCCCCCCOc1ccc(C(=O)NC(=S)Nc2ccc(C)c(Cl)c2)cc1. The van der Waals surface area contributed by atoms with E-state index in [2.05, 4.69) is 17.6 Å². The molecule has 0 radical (unpaired) electrons. The van der Waals surface area contributed by atoms with E-state index >= 15 is 0 Å². The number of rotatable bonds is 9. The first-order valence-electron chi connectivity index (χ1n) is 9.61. The number of thiocarbonyl (C=S) groups is 1. The Balaban J connectivity index is 1.78. The molecule has 0 heterocycles. The second kappa shape index (κ2) is 11.7. The van der Waals surface area contributed by atoms with E-state index in [4.69, 9.17) is 28.6 Å². The Kier molecular flexibility index (Phi) is 9.24. The van der Waals surface area contributed by atoms with Gasteiger partial charge in [-0.05, 0) is 67.5 Å². The lowest BCUT2D eigenvalue weighted by atomic mass is 10.2. The Morgan fingerprint density at radius 2 is 1.79 bits per heavy atom. The summed E-state index contributed by atoms with van der Waals surface area (Å²) >= 11 is 11.3. The van der Waals surface area contributed by atoms with Gasteiger partial charge in [0.2, 0.25) is 0 Å². The minimum absolute atomic E-state index is 0.220. The second-order valence-corrected chi connectivity index (χ2v) is 7.47. The predicted octanol–water partition coefficient (Wildman–Crippen LogP) is 6.12. The molecule has 0 fully saturated rings. The number of carbonyl (C=O) groups is 1. The highest BCUT2D eigenvalue weighted by molar-refractivity contribution is 7.80. The van der Waals surface area contributed by atoms with Gasteiger partial charge in [-0.25, -0.2) is 0 Å². The Morgan fingerprint density at radius 1 is 1.07 bits per heavy atom. The Bertz CT molecular complexity index is 794. The Morgan fingerprint density at radius 3 is 2.46 bits per heavy atom. The third-order valence-electron chi connectivity index (χ3n) is 4.29. The van der Waals surface area contributed by atoms with Gasteiger partial charge in [-0.1, -0.05) is 50.3 Å². The number of ether oxygens (including phenoxy) is 1. The molecule has 0 bridgehead atoms. The fraction of sp³-hybridized carbons (Fsp3) is 0.364. The van der Waals surface area contributed by atoms with Gasteiger partial charge in [0.05, 0.1) is 6.61 Å². The molecule has 0 spiro atoms. The first-order chi connectivity index (χ1) is 13.5. The largest absolute Gasteiger partial charge is 0.494 e. The van der Waals surface area contributed by atoms with Crippen LogP contribution >= 0.6 is 23.8 Å². The second-order valence-electron chi connectivity index (χ2n) is 6.66. The topological polar surface area (TPSA) is 50.4 Å². The predicted molar refractivity (Wildman–Crippen MR) is 121 cm³/mol. The molecule has 150 valence electrons. The van der Waals surface area contributed by atoms with Crippen LogP contribution in [-0.4, -0.2) is 17.6 Å². The molecule has 0 aliphatic carbocycles. The van der Waals surface area contributed by atoms with Crippen molar-refractivity contribution in [2.45, 2.75) is 46.0 Å². The van der Waals surface area contributed by atoms with E-state index in [1.165, 1.54) is 25.7 Å². The third-order valence-corrected chi connectivity index (χ3v) is 4.90. The quantitative estimate of drug-likeness (QED) is 0.380. The molecule has 2 aromatic rings. The lowest BCUT2D eigenvalue weighted by molar-refractivity contribution is 0.0977. The monoisotopic (exact) mass is 418 g/mol. The first kappa shape index (κ1) is 22.2. The molecule has 0 unspecified atom stereocenters. The van der Waals surface area contributed by atoms with Crippen LogP contribution in [0.1, 0.15) is 54.9 Å². The minimum atomic E-state index is -0.276. The summed E-state index contributed by atoms with van der Waals surface area (Å²) in [6.45, 7) is 4.82. The number of halogens is 1. The highest BCUT2D eigenvalue weighted by Crippen LogP contribution is 2.20. The lowest BCUT2D eigenvalue weighted by Crippen LogP contribution is -2.34. The Hall–Kier alpha value is -2.11. The summed E-state index contributed by atoms with van der Waals surface area (Å²) in [7, 11) is 0. The molecule has 0 aliphatic rings. The smallest absolute Gasteiger partial charge is 0.257 e. The van der Waals surface area contributed by atoms with Crippen molar-refractivity contribution in [3.8, 4) is 5.75 Å². The van der Waals surface area contributed by atoms with Crippen LogP contribution in [0.15, 0.2) is 42.5 Å². The highest BCUT2D eigenvalue weighted by Gasteiger charge is 2.09. The van der Waals surface area contributed by atoms with E-state index in [0.717, 1.165) is 23.4 Å². The number of benzene rings is 2. The zero-order valence-electron chi connectivity index (χ0n) is 16.4. The van der Waals surface area contributed by atoms with Crippen molar-refractivity contribution >= 4 is 40.5 Å². The number of aryl methyl sites for hydroxylation is 1. The van der Waals surface area contributed by atoms with Crippen LogP contribution in [0.5, 0.6) is 5.75 Å². The zero-order chi connectivity index (χ0) is 20.4. The maximum absolute atomic E-state index is 12.3. The number of nitrogens with one attached hydrogen (secondary N) is 2. The van der Waals surface area contributed by atoms with Gasteiger partial charge in [0.15, 0.2) is 5.11 Å². The van der Waals surface area contributed by atoms with Crippen molar-refractivity contribution < 1.29 is 9.53 Å². The van der Waals surface area contributed by atoms with Gasteiger partial charge in [-0.15, -0.1) is 0 Å². The fourth-order valence-electron chi connectivity index (χ4n) is 2.61. The summed E-state index contributed by atoms with van der Waals surface area (Å²) in [6.07, 6.45) is 6.00. The number of hydrogen-bond acceptors (Lipinski definition) is 3. The molecular weight excluding hydrogens is 392 g/mol. The summed E-state index contributed by atoms with van der Waals surface area (Å²) in [5.41, 5.74) is 2.22. The van der Waals surface area contributed by atoms with E-state index in [1.54, 1.807) is 30.3 Å². The van der Waals surface area contributed by atoms with Crippen LogP contribution in [0.4, 0.5) is 5.69 Å². The standard InChI is InChI=1S/C22H27ClN2O2S/c1-3-4-5-6-7-14-27-19-12-9-17(10-13-19)21(26)25-22(28)24-18-11-8-16(2)20(23)15-18/h8-13,15H,3-7,14H2,1-2H3,(H2,24,25,26,28). The maximum Gasteiger partial charge on any atom is 0.257 e. The van der Waals surface area contributed by atoms with Gasteiger partial charge >= 0.3 is 0 Å². The third kappa shape index (κ3) is 7.49. The van der Waals surface area contributed by atoms with E-state index < -0.39 is 0 Å². The van der Waals surface area contributed by atoms with Crippen molar-refractivity contribution in [2.75, 3.05) is 11.9 Å². The molecule has 6 heteroatoms. The number of carbonyl (C=O) groups excluding carboxylic acids is 1. The molecule has 2 N–H and O–H groups in total. The van der Waals surface area contributed by atoms with Gasteiger partial charge in [-0.3, -0.25) is 10.1 Å². The average Bonchev–Trinajstić information content (AvgIpc) is 2.68. The Labute approximate surface area is 177 Å². The molecule has 0 saturated heterocycles. The zero-order valence-corrected chi connectivity index (χ0v) is 18.0. The highest BCUT2D eigenvalue weighted by atomic mass is 35.5. The number of anilines is 1. The van der Waals surface area contributed by atoms with Crippen molar-refractivity contribution in [1.29, 1.82) is 0 Å². The molecule has 2 rings (SSSR count). The summed E-state index contributed by atoms with van der Waals surface area (Å²) in [5, 5.41) is 6.49. The molecule has 1 amide bonds. The van der Waals surface area contributed by atoms with Crippen LogP contribution in [0.25, 0.3) is 0 Å². The van der Waals surface area contributed by atoms with Gasteiger partial charge in [0.25, 0.3) is 5.91 Å². The molecule has 4 nitrogen and oxygen atoms in total. The molecule has 28 heavy (non-hydrogen) atoms. The molecule has 0 aromatic heterocycles. The van der Waals surface area contributed by atoms with Crippen molar-refractivity contribution in [3.05, 3.63) is 58.6 Å². The molecular formula is C22H27ClN2O2S. The molecule has 0 atom stereocenters. The van der Waals surface area contributed by atoms with Crippen LogP contribution in [0.2, 0.25) is 5.02 Å². The summed E-state index contributed by atoms with van der Waals surface area (Å²) in [6, 6.07) is 12.6. The van der Waals surface area contributed by atoms with Crippen LogP contribution in [0, 0.1) is 6.92 Å². The van der Waals surface area contributed by atoms with Gasteiger partial charge < -0.3 is 10.1 Å². The van der Waals surface area contributed by atoms with E-state index in [9.17, 15) is 4.79 Å². The minimum Gasteiger partial charge on any atom is -0.494 e. The summed E-state index contributed by atoms with van der Waals surface area (Å²) in [5.74, 6) is 0.490. The van der Waals surface area contributed by atoms with Gasteiger partial charge in [0, 0.05) is 16.3 Å². The first-order valence-corrected chi connectivity index (χ1v) is 10.4. The number of unbranched alkanes of at least 4 members (excludes halogenated alkanes) is 4. The van der Waals surface area contributed by atoms with Gasteiger partial charge in [0.1, 0.15) is 5.75 Å². The summed E-state index contributed by atoms with van der Waals surface area (Å²) in [4.78, 5) is 12.3. The number of hydrogen-bond donors (Lipinski definition) is 2. The van der Waals surface area contributed by atoms with Crippen molar-refractivity contribution in [2.24, 2.45) is 0 Å². The summed E-state index contributed by atoms with van der Waals surface area (Å²) < 4.78 is 5.72. The lowest BCUT2D eigenvalue weighted by Gasteiger charge is -2.11.